The van der Waals surface area contributed by atoms with Crippen molar-refractivity contribution in [3.05, 3.63) is 34.9 Å². The number of halogens is 2. The van der Waals surface area contributed by atoms with E-state index in [4.69, 9.17) is 16.3 Å². The summed E-state index contributed by atoms with van der Waals surface area (Å²) in [5, 5.41) is 0.607. The summed E-state index contributed by atoms with van der Waals surface area (Å²) in [6, 6.07) is 6.87. The van der Waals surface area contributed by atoms with Crippen LogP contribution in [0.4, 0.5) is 9.18 Å². The first-order chi connectivity index (χ1) is 10.3. The van der Waals surface area contributed by atoms with Crippen LogP contribution in [0.2, 0.25) is 5.02 Å². The van der Waals surface area contributed by atoms with Crippen LogP contribution in [0.1, 0.15) is 45.3 Å². The van der Waals surface area contributed by atoms with Crippen LogP contribution in [0.5, 0.6) is 0 Å². The standard InChI is InChI=1S/C17H23ClFNO2/c1-17(2,3)22-16(21)20-10-8-13(9-11-20)15(19)12-4-6-14(18)7-5-12/h4-7,13,15H,8-11H2,1-3H3. The third-order valence-corrected chi connectivity index (χ3v) is 4.05. The number of nitrogens with zero attached hydrogens (tertiary/aromatic N) is 1. The first kappa shape index (κ1) is 17.1. The van der Waals surface area contributed by atoms with Gasteiger partial charge in [-0.3, -0.25) is 0 Å². The zero-order chi connectivity index (χ0) is 16.3. The molecular formula is C17H23ClFNO2. The zero-order valence-corrected chi connectivity index (χ0v) is 14.1. The van der Waals surface area contributed by atoms with Crippen LogP contribution in [-0.4, -0.2) is 29.7 Å². The number of hydrogen-bond acceptors (Lipinski definition) is 2. The summed E-state index contributed by atoms with van der Waals surface area (Å²) >= 11 is 5.83. The number of alkyl halides is 1. The number of likely N-dealkylation sites (tertiary alicyclic amines) is 1. The van der Waals surface area contributed by atoms with Crippen molar-refractivity contribution in [3.8, 4) is 0 Å². The molecule has 3 nitrogen and oxygen atoms in total. The van der Waals surface area contributed by atoms with Gasteiger partial charge in [0.05, 0.1) is 0 Å². The van der Waals surface area contributed by atoms with Gasteiger partial charge in [0.1, 0.15) is 11.8 Å². The highest BCUT2D eigenvalue weighted by molar-refractivity contribution is 6.30. The second kappa shape index (κ2) is 6.86. The van der Waals surface area contributed by atoms with Gasteiger partial charge in [-0.05, 0) is 57.2 Å². The number of carbonyl (C=O) groups is 1. The molecule has 122 valence electrons. The lowest BCUT2D eigenvalue weighted by molar-refractivity contribution is 0.0144. The van der Waals surface area contributed by atoms with Gasteiger partial charge in [0, 0.05) is 18.1 Å². The van der Waals surface area contributed by atoms with Gasteiger partial charge in [0.15, 0.2) is 0 Å². The number of hydrogen-bond donors (Lipinski definition) is 0. The van der Waals surface area contributed by atoms with Crippen LogP contribution in [0.3, 0.4) is 0 Å². The fraction of sp³-hybridized carbons (Fsp3) is 0.588. The number of amides is 1. The van der Waals surface area contributed by atoms with E-state index in [9.17, 15) is 9.18 Å². The zero-order valence-electron chi connectivity index (χ0n) is 13.3. The lowest BCUT2D eigenvalue weighted by Gasteiger charge is -2.34. The Morgan fingerprint density at radius 1 is 1.27 bits per heavy atom. The Morgan fingerprint density at radius 2 is 1.82 bits per heavy atom. The van der Waals surface area contributed by atoms with E-state index in [2.05, 4.69) is 0 Å². The average molecular weight is 328 g/mol. The van der Waals surface area contributed by atoms with Crippen LogP contribution in [0, 0.1) is 5.92 Å². The van der Waals surface area contributed by atoms with E-state index in [1.54, 1.807) is 29.2 Å². The minimum Gasteiger partial charge on any atom is -0.444 e. The van der Waals surface area contributed by atoms with Gasteiger partial charge in [0.2, 0.25) is 0 Å². The summed E-state index contributed by atoms with van der Waals surface area (Å²) in [7, 11) is 0. The van der Waals surface area contributed by atoms with Gasteiger partial charge in [0.25, 0.3) is 0 Å². The molecule has 0 aromatic heterocycles. The predicted molar refractivity (Wildman–Crippen MR) is 85.8 cm³/mol. The molecule has 1 aromatic carbocycles. The van der Waals surface area contributed by atoms with E-state index in [0.29, 0.717) is 36.5 Å². The summed E-state index contributed by atoms with van der Waals surface area (Å²) in [4.78, 5) is 13.7. The Balaban J connectivity index is 1.89. The summed E-state index contributed by atoms with van der Waals surface area (Å²) < 4.78 is 19.9. The molecule has 1 amide bonds. The molecule has 0 bridgehead atoms. The first-order valence-corrected chi connectivity index (χ1v) is 8.01. The second-order valence-corrected chi connectivity index (χ2v) is 7.19. The highest BCUT2D eigenvalue weighted by Gasteiger charge is 2.31. The Labute approximate surface area is 136 Å². The minimum absolute atomic E-state index is 0.0696. The lowest BCUT2D eigenvalue weighted by Crippen LogP contribution is -2.42. The van der Waals surface area contributed by atoms with E-state index in [-0.39, 0.29) is 12.0 Å². The molecule has 1 atom stereocenters. The highest BCUT2D eigenvalue weighted by Crippen LogP contribution is 2.34. The molecule has 1 heterocycles. The number of benzene rings is 1. The largest absolute Gasteiger partial charge is 0.444 e. The van der Waals surface area contributed by atoms with Crippen molar-refractivity contribution in [1.29, 1.82) is 0 Å². The van der Waals surface area contributed by atoms with Crippen LogP contribution < -0.4 is 0 Å². The average Bonchev–Trinajstić information content (AvgIpc) is 2.46. The Hall–Kier alpha value is -1.29. The van der Waals surface area contributed by atoms with Gasteiger partial charge < -0.3 is 9.64 Å². The van der Waals surface area contributed by atoms with Crippen molar-refractivity contribution in [2.24, 2.45) is 5.92 Å². The Morgan fingerprint density at radius 3 is 2.32 bits per heavy atom. The van der Waals surface area contributed by atoms with Crippen LogP contribution in [0.25, 0.3) is 0 Å². The molecule has 5 heteroatoms. The monoisotopic (exact) mass is 327 g/mol. The molecule has 1 aliphatic rings. The molecule has 2 rings (SSSR count). The molecule has 1 aliphatic heterocycles. The molecule has 22 heavy (non-hydrogen) atoms. The molecule has 1 aromatic rings. The van der Waals surface area contributed by atoms with Crippen molar-refractivity contribution in [3.63, 3.8) is 0 Å². The normalized spacial score (nSPS) is 18.1. The van der Waals surface area contributed by atoms with Crippen LogP contribution in [-0.2, 0) is 4.74 Å². The summed E-state index contributed by atoms with van der Waals surface area (Å²) in [6.45, 7) is 6.60. The molecule has 1 unspecified atom stereocenters. The topological polar surface area (TPSA) is 29.5 Å². The molecule has 0 spiro atoms. The van der Waals surface area contributed by atoms with Crippen LogP contribution >= 0.6 is 11.6 Å². The molecule has 0 N–H and O–H groups in total. The molecule has 1 fully saturated rings. The maximum atomic E-state index is 14.6. The van der Waals surface area contributed by atoms with Gasteiger partial charge >= 0.3 is 6.09 Å². The summed E-state index contributed by atoms with van der Waals surface area (Å²) in [5.41, 5.74) is 0.153. The Bertz CT molecular complexity index is 504. The predicted octanol–water partition coefficient (Wildman–Crippen LogP) is 5.00. The van der Waals surface area contributed by atoms with Crippen molar-refractivity contribution < 1.29 is 13.9 Å². The lowest BCUT2D eigenvalue weighted by atomic mass is 9.88. The number of carbonyl (C=O) groups excluding carboxylic acids is 1. The van der Waals surface area contributed by atoms with Gasteiger partial charge in [-0.2, -0.15) is 0 Å². The third-order valence-electron chi connectivity index (χ3n) is 3.79. The van der Waals surface area contributed by atoms with Crippen molar-refractivity contribution >= 4 is 17.7 Å². The van der Waals surface area contributed by atoms with Crippen molar-refractivity contribution in [2.75, 3.05) is 13.1 Å². The van der Waals surface area contributed by atoms with E-state index in [1.807, 2.05) is 20.8 Å². The van der Waals surface area contributed by atoms with Gasteiger partial charge in [-0.15, -0.1) is 0 Å². The maximum Gasteiger partial charge on any atom is 0.410 e. The van der Waals surface area contributed by atoms with E-state index >= 15 is 0 Å². The smallest absolute Gasteiger partial charge is 0.410 e. The fourth-order valence-corrected chi connectivity index (χ4v) is 2.75. The van der Waals surface area contributed by atoms with E-state index in [0.717, 1.165) is 0 Å². The first-order valence-electron chi connectivity index (χ1n) is 7.64. The number of rotatable bonds is 2. The Kier molecular flexibility index (Phi) is 5.32. The quantitative estimate of drug-likeness (QED) is 0.765. The fourth-order valence-electron chi connectivity index (χ4n) is 2.62. The summed E-state index contributed by atoms with van der Waals surface area (Å²) in [5.74, 6) is -0.0696. The van der Waals surface area contributed by atoms with E-state index < -0.39 is 11.8 Å². The van der Waals surface area contributed by atoms with Crippen molar-refractivity contribution in [1.82, 2.24) is 4.90 Å². The van der Waals surface area contributed by atoms with Gasteiger partial charge in [-0.1, -0.05) is 23.7 Å². The molecule has 1 saturated heterocycles. The van der Waals surface area contributed by atoms with E-state index in [1.165, 1.54) is 0 Å². The highest BCUT2D eigenvalue weighted by atomic mass is 35.5. The maximum absolute atomic E-state index is 14.6. The molecular weight excluding hydrogens is 305 g/mol. The second-order valence-electron chi connectivity index (χ2n) is 6.76. The molecule has 0 saturated carbocycles. The third kappa shape index (κ3) is 4.60. The summed E-state index contributed by atoms with van der Waals surface area (Å²) in [6.07, 6.45) is -0.0441. The van der Waals surface area contributed by atoms with Crippen molar-refractivity contribution in [2.45, 2.75) is 45.4 Å². The molecule has 0 aliphatic carbocycles. The number of ether oxygens (including phenoxy) is 1. The SMILES string of the molecule is CC(C)(C)OC(=O)N1CCC(C(F)c2ccc(Cl)cc2)CC1. The van der Waals surface area contributed by atoms with Gasteiger partial charge in [-0.25, -0.2) is 9.18 Å². The minimum atomic E-state index is -1.02. The van der Waals surface area contributed by atoms with Crippen LogP contribution in [0.15, 0.2) is 24.3 Å². The molecule has 0 radical (unpaired) electrons. The number of piperidine rings is 1.